The highest BCUT2D eigenvalue weighted by molar-refractivity contribution is 7.89. The second kappa shape index (κ2) is 10.0. The number of aryl methyl sites for hydroxylation is 1. The molecule has 10 nitrogen and oxygen atoms in total. The number of piperidine rings is 1. The molecule has 0 saturated carbocycles. The van der Waals surface area contributed by atoms with Crippen LogP contribution in [0.25, 0.3) is 0 Å². The number of ether oxygens (including phenoxy) is 1. The molecule has 2 heterocycles. The molecule has 3 amide bonds. The van der Waals surface area contributed by atoms with Crippen molar-refractivity contribution >= 4 is 27.9 Å². The van der Waals surface area contributed by atoms with Crippen molar-refractivity contribution in [2.24, 2.45) is 0 Å². The molecule has 0 spiro atoms. The number of carbonyl (C=O) groups excluding carboxylic acids is 3. The van der Waals surface area contributed by atoms with E-state index in [1.165, 1.54) is 24.5 Å². The Morgan fingerprint density at radius 1 is 1.15 bits per heavy atom. The molecular weight excluding hydrogens is 460 g/mol. The van der Waals surface area contributed by atoms with Gasteiger partial charge in [-0.1, -0.05) is 17.7 Å². The fourth-order valence-corrected chi connectivity index (χ4v) is 5.22. The third-order valence-corrected chi connectivity index (χ3v) is 7.34. The molecule has 3 rings (SSSR count). The number of hydrogen-bond donors (Lipinski definition) is 2. The van der Waals surface area contributed by atoms with E-state index in [1.807, 2.05) is 6.92 Å². The molecule has 2 N–H and O–H groups in total. The van der Waals surface area contributed by atoms with Crippen molar-refractivity contribution in [1.82, 2.24) is 19.8 Å². The molecule has 0 unspecified atom stereocenters. The highest BCUT2D eigenvalue weighted by Gasteiger charge is 2.37. The lowest BCUT2D eigenvalue weighted by atomic mass is 10.0. The zero-order valence-corrected chi connectivity index (χ0v) is 20.7. The van der Waals surface area contributed by atoms with E-state index in [9.17, 15) is 22.8 Å². The van der Waals surface area contributed by atoms with E-state index < -0.39 is 33.5 Å². The van der Waals surface area contributed by atoms with Crippen LogP contribution >= 0.6 is 0 Å². The van der Waals surface area contributed by atoms with Gasteiger partial charge in [0.2, 0.25) is 11.8 Å². The molecule has 1 aromatic carbocycles. The van der Waals surface area contributed by atoms with Gasteiger partial charge in [-0.2, -0.15) is 0 Å². The minimum atomic E-state index is -4.02. The van der Waals surface area contributed by atoms with E-state index in [1.54, 1.807) is 37.8 Å². The summed E-state index contributed by atoms with van der Waals surface area (Å²) in [6, 6.07) is 4.90. The highest BCUT2D eigenvalue weighted by Crippen LogP contribution is 2.23. The molecule has 1 atom stereocenters. The number of sulfonamides is 1. The third kappa shape index (κ3) is 6.28. The largest absolute Gasteiger partial charge is 0.444 e. The molecule has 1 saturated heterocycles. The predicted molar refractivity (Wildman–Crippen MR) is 125 cm³/mol. The van der Waals surface area contributed by atoms with Crippen molar-refractivity contribution in [2.75, 3.05) is 13.1 Å². The molecule has 11 heteroatoms. The summed E-state index contributed by atoms with van der Waals surface area (Å²) in [4.78, 5) is 39.1. The summed E-state index contributed by atoms with van der Waals surface area (Å²) in [5, 5.41) is 5.35. The average Bonchev–Trinajstić information content (AvgIpc) is 2.74. The van der Waals surface area contributed by atoms with Crippen LogP contribution in [0.1, 0.15) is 45.6 Å². The Hall–Kier alpha value is -3.08. The Labute approximate surface area is 200 Å². The molecule has 0 aromatic heterocycles. The highest BCUT2D eigenvalue weighted by atomic mass is 32.2. The van der Waals surface area contributed by atoms with Crippen LogP contribution in [0.2, 0.25) is 0 Å². The van der Waals surface area contributed by atoms with Crippen molar-refractivity contribution in [3.05, 3.63) is 42.2 Å². The predicted octanol–water partition coefficient (Wildman–Crippen LogP) is 1.86. The SMILES string of the molecule is Cc1ccc(S(=O)(=O)N2C=CNC(=O)[C@H]2CC(=O)NC2CCN(C(=O)OC(C)(C)C)CC2)cc1. The molecule has 1 fully saturated rings. The first-order valence-corrected chi connectivity index (χ1v) is 12.7. The molecule has 34 heavy (non-hydrogen) atoms. The van der Waals surface area contributed by atoms with Crippen molar-refractivity contribution in [1.29, 1.82) is 0 Å². The van der Waals surface area contributed by atoms with Gasteiger partial charge >= 0.3 is 6.09 Å². The summed E-state index contributed by atoms with van der Waals surface area (Å²) < 4.78 is 32.6. The lowest BCUT2D eigenvalue weighted by molar-refractivity contribution is -0.130. The van der Waals surface area contributed by atoms with E-state index in [-0.39, 0.29) is 23.5 Å². The van der Waals surface area contributed by atoms with Crippen LogP contribution in [0.3, 0.4) is 0 Å². The second-order valence-corrected chi connectivity index (χ2v) is 11.3. The molecule has 1 aromatic rings. The third-order valence-electron chi connectivity index (χ3n) is 5.54. The summed E-state index contributed by atoms with van der Waals surface area (Å²) in [7, 11) is -4.02. The number of amides is 3. The van der Waals surface area contributed by atoms with Crippen LogP contribution in [0.15, 0.2) is 41.6 Å². The first-order valence-electron chi connectivity index (χ1n) is 11.2. The van der Waals surface area contributed by atoms with Gasteiger partial charge in [0.25, 0.3) is 10.0 Å². The first-order chi connectivity index (χ1) is 15.9. The number of nitrogens with one attached hydrogen (secondary N) is 2. The second-order valence-electron chi connectivity index (χ2n) is 9.50. The lowest BCUT2D eigenvalue weighted by Gasteiger charge is -2.34. The summed E-state index contributed by atoms with van der Waals surface area (Å²) >= 11 is 0. The van der Waals surface area contributed by atoms with E-state index in [2.05, 4.69) is 10.6 Å². The number of benzene rings is 1. The van der Waals surface area contributed by atoms with Crippen molar-refractivity contribution in [3.63, 3.8) is 0 Å². The summed E-state index contributed by atoms with van der Waals surface area (Å²) in [6.07, 6.45) is 2.86. The van der Waals surface area contributed by atoms with Gasteiger partial charge in [0.1, 0.15) is 11.6 Å². The van der Waals surface area contributed by atoms with Gasteiger partial charge < -0.3 is 20.3 Å². The average molecular weight is 493 g/mol. The molecule has 0 aliphatic carbocycles. The lowest BCUT2D eigenvalue weighted by Crippen LogP contribution is -2.52. The summed E-state index contributed by atoms with van der Waals surface area (Å²) in [5.74, 6) is -1.01. The van der Waals surface area contributed by atoms with Crippen molar-refractivity contribution in [2.45, 2.75) is 69.5 Å². The Morgan fingerprint density at radius 3 is 2.35 bits per heavy atom. The maximum atomic E-state index is 13.1. The Morgan fingerprint density at radius 2 is 1.76 bits per heavy atom. The zero-order chi connectivity index (χ0) is 25.1. The van der Waals surface area contributed by atoms with Crippen molar-refractivity contribution < 1.29 is 27.5 Å². The first kappa shape index (κ1) is 25.5. The number of hydrogen-bond acceptors (Lipinski definition) is 6. The number of carbonyl (C=O) groups is 3. The number of nitrogens with zero attached hydrogens (tertiary/aromatic N) is 2. The Kier molecular flexibility index (Phi) is 7.54. The molecule has 0 radical (unpaired) electrons. The van der Waals surface area contributed by atoms with Gasteiger partial charge in [-0.3, -0.25) is 13.9 Å². The van der Waals surface area contributed by atoms with Gasteiger partial charge in [0.15, 0.2) is 0 Å². The van der Waals surface area contributed by atoms with Gasteiger partial charge in [0.05, 0.1) is 11.3 Å². The minimum Gasteiger partial charge on any atom is -0.444 e. The molecule has 2 aliphatic heterocycles. The van der Waals surface area contributed by atoms with Gasteiger partial charge in [-0.15, -0.1) is 0 Å². The van der Waals surface area contributed by atoms with Crippen LogP contribution in [0.5, 0.6) is 0 Å². The maximum absolute atomic E-state index is 13.1. The zero-order valence-electron chi connectivity index (χ0n) is 19.9. The Bertz CT molecular complexity index is 1050. The molecule has 2 aliphatic rings. The van der Waals surface area contributed by atoms with Crippen LogP contribution in [-0.2, 0) is 24.3 Å². The van der Waals surface area contributed by atoms with Crippen molar-refractivity contribution in [3.8, 4) is 0 Å². The van der Waals surface area contributed by atoms with Gasteiger partial charge in [0, 0.05) is 31.5 Å². The van der Waals surface area contributed by atoms with Crippen LogP contribution in [0.4, 0.5) is 4.79 Å². The van der Waals surface area contributed by atoms with Gasteiger partial charge in [-0.25, -0.2) is 13.2 Å². The molecule has 0 bridgehead atoms. The van der Waals surface area contributed by atoms with Crippen LogP contribution in [0, 0.1) is 6.92 Å². The van der Waals surface area contributed by atoms with Gasteiger partial charge in [-0.05, 0) is 52.7 Å². The smallest absolute Gasteiger partial charge is 0.410 e. The molecule has 186 valence electrons. The monoisotopic (exact) mass is 492 g/mol. The summed E-state index contributed by atoms with van der Waals surface area (Å²) in [5.41, 5.74) is 0.321. The van der Waals surface area contributed by atoms with E-state index >= 15 is 0 Å². The fourth-order valence-electron chi connectivity index (χ4n) is 3.77. The minimum absolute atomic E-state index is 0.0392. The van der Waals surface area contributed by atoms with E-state index in [0.29, 0.717) is 25.9 Å². The number of likely N-dealkylation sites (tertiary alicyclic amines) is 1. The normalized spacial score (nSPS) is 19.5. The fraction of sp³-hybridized carbons (Fsp3) is 0.522. The summed E-state index contributed by atoms with van der Waals surface area (Å²) in [6.45, 7) is 8.11. The Balaban J connectivity index is 1.61. The van der Waals surface area contributed by atoms with E-state index in [4.69, 9.17) is 4.74 Å². The van der Waals surface area contributed by atoms with E-state index in [0.717, 1.165) is 9.87 Å². The van der Waals surface area contributed by atoms with Crippen LogP contribution in [-0.4, -0.2) is 66.3 Å². The number of rotatable bonds is 5. The van der Waals surface area contributed by atoms with Crippen LogP contribution < -0.4 is 10.6 Å². The topological polar surface area (TPSA) is 125 Å². The quantitative estimate of drug-likeness (QED) is 0.646. The standard InChI is InChI=1S/C23H32N4O6S/c1-16-5-7-18(8-6-16)34(31,32)27-14-11-24-21(29)19(27)15-20(28)25-17-9-12-26(13-10-17)22(30)33-23(2,3)4/h5-8,11,14,17,19H,9-10,12-13,15H2,1-4H3,(H,24,29)(H,25,28)/t19-/m1/s1. The molecular formula is C23H32N4O6S. The maximum Gasteiger partial charge on any atom is 0.410 e.